The Morgan fingerprint density at radius 2 is 2.00 bits per heavy atom. The zero-order chi connectivity index (χ0) is 12.3. The third-order valence-corrected chi connectivity index (χ3v) is 4.04. The molecule has 1 rings (SSSR count). The van der Waals surface area contributed by atoms with E-state index < -0.39 is 5.97 Å². The Morgan fingerprint density at radius 3 is 2.44 bits per heavy atom. The van der Waals surface area contributed by atoms with Crippen LogP contribution in [0.15, 0.2) is 6.07 Å². The Labute approximate surface area is 121 Å². The molecule has 0 atom stereocenters. The third-order valence-electron chi connectivity index (χ3n) is 2.09. The number of methoxy groups -OCH3 is 1. The van der Waals surface area contributed by atoms with E-state index in [1.165, 1.54) is 7.11 Å². The van der Waals surface area contributed by atoms with E-state index in [4.69, 9.17) is 27.9 Å². The highest BCUT2D eigenvalue weighted by atomic mass is 79.9. The zero-order valence-corrected chi connectivity index (χ0v) is 13.0. The summed E-state index contributed by atoms with van der Waals surface area (Å²) in [5.41, 5.74) is 2.02. The molecule has 0 radical (unpaired) electrons. The molecule has 0 aromatic heterocycles. The van der Waals surface area contributed by atoms with Gasteiger partial charge >= 0.3 is 5.97 Å². The molecule has 2 nitrogen and oxygen atoms in total. The molecule has 6 heteroatoms. The zero-order valence-electron chi connectivity index (χ0n) is 8.32. The lowest BCUT2D eigenvalue weighted by atomic mass is 10.0. The van der Waals surface area contributed by atoms with E-state index in [1.54, 1.807) is 6.07 Å². The quantitative estimate of drug-likeness (QED) is 0.558. The van der Waals surface area contributed by atoms with Crippen LogP contribution in [-0.4, -0.2) is 13.1 Å². The lowest BCUT2D eigenvalue weighted by Crippen LogP contribution is -2.08. The van der Waals surface area contributed by atoms with Crippen molar-refractivity contribution < 1.29 is 9.53 Å². The molecule has 0 unspecified atom stereocenters. The Kier molecular flexibility index (Phi) is 5.57. The van der Waals surface area contributed by atoms with E-state index in [0.717, 1.165) is 11.1 Å². The van der Waals surface area contributed by atoms with E-state index in [0.29, 0.717) is 21.2 Å². The highest BCUT2D eigenvalue weighted by molar-refractivity contribution is 9.09. The number of carbonyl (C=O) groups is 1. The second kappa shape index (κ2) is 6.24. The molecule has 0 saturated heterocycles. The topological polar surface area (TPSA) is 26.3 Å². The van der Waals surface area contributed by atoms with Crippen LogP contribution < -0.4 is 0 Å². The second-order valence-electron chi connectivity index (χ2n) is 2.94. The standard InChI is InChI=1S/C10H8Br2Cl2O2/c1-16-10(15)8-6(4-12)5(3-11)2-7(13)9(8)14/h2H,3-4H2,1H3. The number of esters is 1. The first-order chi connectivity index (χ1) is 7.56. The molecular weight excluding hydrogens is 383 g/mol. The number of hydrogen-bond acceptors (Lipinski definition) is 2. The maximum Gasteiger partial charge on any atom is 0.339 e. The summed E-state index contributed by atoms with van der Waals surface area (Å²) in [5, 5.41) is 1.68. The maximum absolute atomic E-state index is 11.6. The van der Waals surface area contributed by atoms with Crippen LogP contribution in [-0.2, 0) is 15.4 Å². The fourth-order valence-corrected chi connectivity index (χ4v) is 2.92. The summed E-state index contributed by atoms with van der Waals surface area (Å²) in [6, 6.07) is 1.74. The number of alkyl halides is 2. The van der Waals surface area contributed by atoms with Crippen molar-refractivity contribution in [3.8, 4) is 0 Å². The van der Waals surface area contributed by atoms with Crippen molar-refractivity contribution in [1.29, 1.82) is 0 Å². The van der Waals surface area contributed by atoms with E-state index >= 15 is 0 Å². The van der Waals surface area contributed by atoms with Gasteiger partial charge in [0.1, 0.15) is 0 Å². The van der Waals surface area contributed by atoms with Crippen LogP contribution in [0.2, 0.25) is 10.0 Å². The number of hydrogen-bond donors (Lipinski definition) is 0. The van der Waals surface area contributed by atoms with Gasteiger partial charge in [-0.3, -0.25) is 0 Å². The van der Waals surface area contributed by atoms with E-state index in [2.05, 4.69) is 31.9 Å². The summed E-state index contributed by atoms with van der Waals surface area (Å²) in [7, 11) is 1.31. The highest BCUT2D eigenvalue weighted by Gasteiger charge is 2.21. The summed E-state index contributed by atoms with van der Waals surface area (Å²) in [4.78, 5) is 11.6. The normalized spacial score (nSPS) is 10.3. The third kappa shape index (κ3) is 2.73. The van der Waals surface area contributed by atoms with Gasteiger partial charge in [0.2, 0.25) is 0 Å². The number of rotatable bonds is 3. The molecule has 16 heavy (non-hydrogen) atoms. The van der Waals surface area contributed by atoms with Gasteiger partial charge in [-0.25, -0.2) is 4.79 Å². The van der Waals surface area contributed by atoms with Crippen LogP contribution in [0.4, 0.5) is 0 Å². The molecule has 0 bridgehead atoms. The first-order valence-corrected chi connectivity index (χ1v) is 7.26. The van der Waals surface area contributed by atoms with Gasteiger partial charge in [-0.1, -0.05) is 55.1 Å². The van der Waals surface area contributed by atoms with E-state index in [-0.39, 0.29) is 5.02 Å². The van der Waals surface area contributed by atoms with Crippen molar-refractivity contribution in [2.45, 2.75) is 10.7 Å². The fraction of sp³-hybridized carbons (Fsp3) is 0.300. The molecule has 0 aliphatic rings. The molecule has 88 valence electrons. The molecule has 0 aliphatic carbocycles. The summed E-state index contributed by atoms with van der Waals surface area (Å²) in [5.74, 6) is -0.482. The SMILES string of the molecule is COC(=O)c1c(Cl)c(Cl)cc(CBr)c1CBr. The van der Waals surface area contributed by atoms with Crippen molar-refractivity contribution in [2.75, 3.05) is 7.11 Å². The first-order valence-electron chi connectivity index (χ1n) is 4.26. The largest absolute Gasteiger partial charge is 0.465 e. The van der Waals surface area contributed by atoms with Gasteiger partial charge in [-0.2, -0.15) is 0 Å². The number of benzene rings is 1. The van der Waals surface area contributed by atoms with Gasteiger partial charge in [-0.15, -0.1) is 0 Å². The minimum Gasteiger partial charge on any atom is -0.465 e. The summed E-state index contributed by atoms with van der Waals surface area (Å²) in [6.07, 6.45) is 0. The molecule has 0 spiro atoms. The van der Waals surface area contributed by atoms with Gasteiger partial charge in [0.05, 0.1) is 22.7 Å². The average molecular weight is 391 g/mol. The Balaban J connectivity index is 3.53. The summed E-state index contributed by atoms with van der Waals surface area (Å²) < 4.78 is 4.70. The van der Waals surface area contributed by atoms with Crippen LogP contribution in [0.3, 0.4) is 0 Å². The molecule has 0 fully saturated rings. The van der Waals surface area contributed by atoms with Crippen molar-refractivity contribution in [2.24, 2.45) is 0 Å². The average Bonchev–Trinajstić information content (AvgIpc) is 2.30. The second-order valence-corrected chi connectivity index (χ2v) is 4.85. The number of ether oxygens (including phenoxy) is 1. The molecule has 0 aliphatic heterocycles. The van der Waals surface area contributed by atoms with Crippen LogP contribution in [0.1, 0.15) is 21.5 Å². The summed E-state index contributed by atoms with van der Waals surface area (Å²) >= 11 is 18.6. The van der Waals surface area contributed by atoms with Crippen LogP contribution >= 0.6 is 55.1 Å². The Morgan fingerprint density at radius 1 is 1.38 bits per heavy atom. The lowest BCUT2D eigenvalue weighted by Gasteiger charge is -2.13. The monoisotopic (exact) mass is 388 g/mol. The van der Waals surface area contributed by atoms with Crippen molar-refractivity contribution in [3.63, 3.8) is 0 Å². The summed E-state index contributed by atoms with van der Waals surface area (Å²) in [6.45, 7) is 0. The smallest absolute Gasteiger partial charge is 0.339 e. The van der Waals surface area contributed by atoms with E-state index in [9.17, 15) is 4.79 Å². The highest BCUT2D eigenvalue weighted by Crippen LogP contribution is 2.34. The molecule has 0 N–H and O–H groups in total. The molecule has 1 aromatic rings. The fourth-order valence-electron chi connectivity index (χ4n) is 1.30. The molecular formula is C10H8Br2Cl2O2. The maximum atomic E-state index is 11.6. The first kappa shape index (κ1) is 14.3. The van der Waals surface area contributed by atoms with E-state index in [1.807, 2.05) is 0 Å². The molecule has 0 amide bonds. The Hall–Kier alpha value is 0.230. The molecule has 1 aromatic carbocycles. The minimum absolute atomic E-state index is 0.229. The number of halogens is 4. The van der Waals surface area contributed by atoms with Crippen molar-refractivity contribution in [1.82, 2.24) is 0 Å². The van der Waals surface area contributed by atoms with Crippen molar-refractivity contribution in [3.05, 3.63) is 32.8 Å². The number of carbonyl (C=O) groups excluding carboxylic acids is 1. The lowest BCUT2D eigenvalue weighted by molar-refractivity contribution is 0.0600. The molecule has 0 heterocycles. The van der Waals surface area contributed by atoms with Gasteiger partial charge in [0, 0.05) is 10.7 Å². The minimum atomic E-state index is -0.482. The van der Waals surface area contributed by atoms with Crippen LogP contribution in [0.25, 0.3) is 0 Å². The Bertz CT molecular complexity index is 422. The van der Waals surface area contributed by atoms with Crippen molar-refractivity contribution >= 4 is 61.0 Å². The van der Waals surface area contributed by atoms with Crippen LogP contribution in [0.5, 0.6) is 0 Å². The van der Waals surface area contributed by atoms with Gasteiger partial charge < -0.3 is 4.74 Å². The molecule has 0 saturated carbocycles. The van der Waals surface area contributed by atoms with Gasteiger partial charge in [0.25, 0.3) is 0 Å². The van der Waals surface area contributed by atoms with Gasteiger partial charge in [-0.05, 0) is 17.2 Å². The predicted molar refractivity (Wildman–Crippen MR) is 73.1 cm³/mol. The van der Waals surface area contributed by atoms with Gasteiger partial charge in [0.15, 0.2) is 0 Å². The van der Waals surface area contributed by atoms with Crippen LogP contribution in [0, 0.1) is 0 Å². The predicted octanol–water partition coefficient (Wildman–Crippen LogP) is 4.57.